The number of hydrogen-bond acceptors (Lipinski definition) is 6. The normalized spacial score (nSPS) is 13.9. The molecule has 0 aliphatic rings. The van der Waals surface area contributed by atoms with Crippen molar-refractivity contribution in [2.75, 3.05) is 12.0 Å². The van der Waals surface area contributed by atoms with Gasteiger partial charge in [0.2, 0.25) is 17.7 Å². The molecule has 3 amide bonds. The fourth-order valence-electron chi connectivity index (χ4n) is 3.08. The number of carbonyl (C=O) groups is 4. The van der Waals surface area contributed by atoms with E-state index in [4.69, 9.17) is 11.5 Å². The van der Waals surface area contributed by atoms with E-state index in [1.54, 1.807) is 6.20 Å². The number of H-pyrrole nitrogens is 1. The van der Waals surface area contributed by atoms with Crippen molar-refractivity contribution < 1.29 is 24.3 Å². The van der Waals surface area contributed by atoms with Crippen molar-refractivity contribution in [1.82, 2.24) is 15.6 Å². The van der Waals surface area contributed by atoms with Gasteiger partial charge in [0, 0.05) is 23.5 Å². The van der Waals surface area contributed by atoms with Crippen LogP contribution >= 0.6 is 11.8 Å². The van der Waals surface area contributed by atoms with Crippen molar-refractivity contribution in [3.8, 4) is 0 Å². The van der Waals surface area contributed by atoms with E-state index >= 15 is 0 Å². The zero-order valence-electron chi connectivity index (χ0n) is 17.1. The molecule has 1 aromatic heterocycles. The highest BCUT2D eigenvalue weighted by atomic mass is 32.2. The molecular weight excluding hydrogens is 422 g/mol. The highest BCUT2D eigenvalue weighted by Gasteiger charge is 2.29. The number of aromatic amines is 1. The number of thioether (sulfide) groups is 1. The Morgan fingerprint density at radius 3 is 2.45 bits per heavy atom. The molecule has 2 aromatic rings. The Hall–Kier alpha value is -3.05. The largest absolute Gasteiger partial charge is 0.480 e. The number of para-hydroxylation sites is 1. The summed E-state index contributed by atoms with van der Waals surface area (Å²) in [6, 6.07) is 4.04. The Balaban J connectivity index is 2.23. The Kier molecular flexibility index (Phi) is 8.88. The molecule has 3 atom stereocenters. The zero-order valence-corrected chi connectivity index (χ0v) is 17.9. The molecule has 11 heteroatoms. The maximum absolute atomic E-state index is 12.9. The molecule has 0 aliphatic carbocycles. The van der Waals surface area contributed by atoms with Gasteiger partial charge in [0.15, 0.2) is 0 Å². The van der Waals surface area contributed by atoms with E-state index < -0.39 is 41.8 Å². The van der Waals surface area contributed by atoms with Gasteiger partial charge in [-0.1, -0.05) is 18.2 Å². The summed E-state index contributed by atoms with van der Waals surface area (Å²) < 4.78 is 0. The molecule has 0 saturated carbocycles. The van der Waals surface area contributed by atoms with Gasteiger partial charge in [-0.2, -0.15) is 11.8 Å². The third-order valence-corrected chi connectivity index (χ3v) is 5.36. The number of fused-ring (bicyclic) bond motifs is 1. The topological polar surface area (TPSA) is 180 Å². The van der Waals surface area contributed by atoms with Crippen LogP contribution in [0.3, 0.4) is 0 Å². The standard InChI is InChI=1S/C20H27N5O5S/c1-31-7-6-15(20(29)30)24-19(28)16(25-18(27)13(21)9-17(22)26)8-11-10-23-14-5-3-2-4-12(11)14/h2-5,10,13,15-16,23H,6-9,21H2,1H3,(H2,22,26)(H,24,28)(H,25,27)(H,29,30)/t13-,15-,16-/m0/s1. The fourth-order valence-corrected chi connectivity index (χ4v) is 3.55. The summed E-state index contributed by atoms with van der Waals surface area (Å²) in [6.45, 7) is 0. The van der Waals surface area contributed by atoms with Gasteiger partial charge < -0.3 is 32.2 Å². The number of aromatic nitrogens is 1. The second-order valence-corrected chi connectivity index (χ2v) is 8.07. The molecule has 0 fully saturated rings. The van der Waals surface area contributed by atoms with Crippen LogP contribution in [0.25, 0.3) is 10.9 Å². The van der Waals surface area contributed by atoms with Crippen molar-refractivity contribution in [2.45, 2.75) is 37.4 Å². The average Bonchev–Trinajstić information content (AvgIpc) is 3.12. The van der Waals surface area contributed by atoms with Crippen molar-refractivity contribution in [3.63, 3.8) is 0 Å². The molecule has 8 N–H and O–H groups in total. The summed E-state index contributed by atoms with van der Waals surface area (Å²) in [5, 5.41) is 15.3. The van der Waals surface area contributed by atoms with Gasteiger partial charge >= 0.3 is 5.97 Å². The summed E-state index contributed by atoms with van der Waals surface area (Å²) in [5.74, 6) is -2.75. The summed E-state index contributed by atoms with van der Waals surface area (Å²) in [6.07, 6.45) is 3.51. The number of carboxylic acids is 1. The molecule has 0 unspecified atom stereocenters. The molecule has 2 rings (SSSR count). The van der Waals surface area contributed by atoms with E-state index in [0.717, 1.165) is 16.5 Å². The predicted octanol–water partition coefficient (Wildman–Crippen LogP) is -0.280. The molecule has 0 spiro atoms. The van der Waals surface area contributed by atoms with Crippen LogP contribution in [-0.2, 0) is 25.6 Å². The van der Waals surface area contributed by atoms with E-state index in [1.165, 1.54) is 11.8 Å². The SMILES string of the molecule is CSCC[C@H](NC(=O)[C@H](Cc1c[nH]c2ccccc12)NC(=O)[C@@H](N)CC(N)=O)C(=O)O. The van der Waals surface area contributed by atoms with E-state index in [0.29, 0.717) is 5.75 Å². The van der Waals surface area contributed by atoms with Gasteiger partial charge in [0.1, 0.15) is 12.1 Å². The van der Waals surface area contributed by atoms with Crippen molar-refractivity contribution in [1.29, 1.82) is 0 Å². The van der Waals surface area contributed by atoms with Crippen LogP contribution in [0.4, 0.5) is 0 Å². The van der Waals surface area contributed by atoms with Crippen molar-refractivity contribution >= 4 is 46.4 Å². The lowest BCUT2D eigenvalue weighted by atomic mass is 10.0. The molecule has 0 saturated heterocycles. The van der Waals surface area contributed by atoms with Crippen LogP contribution in [0.2, 0.25) is 0 Å². The molecule has 1 aromatic carbocycles. The molecule has 1 heterocycles. The maximum atomic E-state index is 12.9. The predicted molar refractivity (Wildman–Crippen MR) is 118 cm³/mol. The Morgan fingerprint density at radius 1 is 1.13 bits per heavy atom. The lowest BCUT2D eigenvalue weighted by Crippen LogP contribution is -2.55. The first-order valence-corrected chi connectivity index (χ1v) is 11.0. The average molecular weight is 450 g/mol. The molecule has 0 aliphatic heterocycles. The van der Waals surface area contributed by atoms with Crippen LogP contribution < -0.4 is 22.1 Å². The van der Waals surface area contributed by atoms with Crippen LogP contribution in [0, 0.1) is 0 Å². The first-order valence-electron chi connectivity index (χ1n) is 9.64. The van der Waals surface area contributed by atoms with E-state index in [2.05, 4.69) is 15.6 Å². The number of carboxylic acid groups (broad SMARTS) is 1. The van der Waals surface area contributed by atoms with Crippen LogP contribution in [0.5, 0.6) is 0 Å². The number of carbonyl (C=O) groups excluding carboxylic acids is 3. The Bertz CT molecular complexity index is 947. The van der Waals surface area contributed by atoms with E-state index in [1.807, 2.05) is 30.5 Å². The highest BCUT2D eigenvalue weighted by molar-refractivity contribution is 7.98. The second-order valence-electron chi connectivity index (χ2n) is 7.08. The number of rotatable bonds is 12. The molecule has 10 nitrogen and oxygen atoms in total. The summed E-state index contributed by atoms with van der Waals surface area (Å²) in [4.78, 5) is 51.0. The summed E-state index contributed by atoms with van der Waals surface area (Å²) >= 11 is 1.46. The number of amides is 3. The Morgan fingerprint density at radius 2 is 1.81 bits per heavy atom. The molecule has 0 bridgehead atoms. The molecule has 31 heavy (non-hydrogen) atoms. The quantitative estimate of drug-likeness (QED) is 0.258. The van der Waals surface area contributed by atoms with Gasteiger partial charge in [-0.05, 0) is 30.1 Å². The molecule has 168 valence electrons. The van der Waals surface area contributed by atoms with Crippen molar-refractivity contribution in [3.05, 3.63) is 36.0 Å². The summed E-state index contributed by atoms with van der Waals surface area (Å²) in [7, 11) is 0. The van der Waals surface area contributed by atoms with Crippen LogP contribution in [0.15, 0.2) is 30.5 Å². The van der Waals surface area contributed by atoms with Crippen molar-refractivity contribution in [2.24, 2.45) is 11.5 Å². The van der Waals surface area contributed by atoms with E-state index in [-0.39, 0.29) is 19.3 Å². The maximum Gasteiger partial charge on any atom is 0.326 e. The number of nitrogens with one attached hydrogen (secondary N) is 3. The molecular formula is C20H27N5O5S. The van der Waals surface area contributed by atoms with Gasteiger partial charge in [-0.15, -0.1) is 0 Å². The number of benzene rings is 1. The van der Waals surface area contributed by atoms with Crippen LogP contribution in [0.1, 0.15) is 18.4 Å². The summed E-state index contributed by atoms with van der Waals surface area (Å²) in [5.41, 5.74) is 12.4. The minimum absolute atomic E-state index is 0.0970. The van der Waals surface area contributed by atoms with Gasteiger partial charge in [0.05, 0.1) is 12.5 Å². The molecule has 0 radical (unpaired) electrons. The van der Waals surface area contributed by atoms with Gasteiger partial charge in [-0.25, -0.2) is 4.79 Å². The minimum Gasteiger partial charge on any atom is -0.480 e. The smallest absolute Gasteiger partial charge is 0.326 e. The number of aliphatic carboxylic acids is 1. The minimum atomic E-state index is -1.22. The third kappa shape index (κ3) is 7.00. The third-order valence-electron chi connectivity index (χ3n) is 4.72. The number of nitrogens with two attached hydrogens (primary N) is 2. The fraction of sp³-hybridized carbons (Fsp3) is 0.400. The van der Waals surface area contributed by atoms with Gasteiger partial charge in [0.25, 0.3) is 0 Å². The lowest BCUT2D eigenvalue weighted by molar-refractivity contribution is -0.142. The van der Waals surface area contributed by atoms with Crippen LogP contribution in [-0.4, -0.2) is 63.9 Å². The first kappa shape index (κ1) is 24.2. The monoisotopic (exact) mass is 449 g/mol. The van der Waals surface area contributed by atoms with Gasteiger partial charge in [-0.3, -0.25) is 14.4 Å². The highest BCUT2D eigenvalue weighted by Crippen LogP contribution is 2.19. The first-order chi connectivity index (χ1) is 14.7. The zero-order chi connectivity index (χ0) is 23.0. The Labute approximate surface area is 183 Å². The number of hydrogen-bond donors (Lipinski definition) is 6. The number of primary amides is 1. The van der Waals surface area contributed by atoms with E-state index in [9.17, 15) is 24.3 Å². The lowest BCUT2D eigenvalue weighted by Gasteiger charge is -2.22. The second kappa shape index (κ2) is 11.4.